The van der Waals surface area contributed by atoms with Gasteiger partial charge in [-0.25, -0.2) is 4.39 Å². The van der Waals surface area contributed by atoms with Crippen molar-refractivity contribution in [1.29, 1.82) is 0 Å². The smallest absolute Gasteiger partial charge is 0.244 e. The molecule has 0 radical (unpaired) electrons. The first-order chi connectivity index (χ1) is 12.7. The van der Waals surface area contributed by atoms with Crippen LogP contribution in [-0.2, 0) is 9.53 Å². The zero-order valence-electron chi connectivity index (χ0n) is 14.6. The van der Waals surface area contributed by atoms with Gasteiger partial charge < -0.3 is 10.1 Å². The number of nitrogens with one attached hydrogen (secondary N) is 1. The summed E-state index contributed by atoms with van der Waals surface area (Å²) in [5, 5.41) is 2.96. The molecule has 1 aliphatic rings. The van der Waals surface area contributed by atoms with Crippen molar-refractivity contribution < 1.29 is 13.9 Å². The molecule has 2 aromatic carbocycles. The molecular formula is C21H23FN2O2. The first-order valence-corrected chi connectivity index (χ1v) is 8.80. The Morgan fingerprint density at radius 1 is 1.15 bits per heavy atom. The van der Waals surface area contributed by atoms with Gasteiger partial charge in [0.15, 0.2) is 0 Å². The maximum atomic E-state index is 13.2. The van der Waals surface area contributed by atoms with Crippen molar-refractivity contribution in [3.63, 3.8) is 0 Å². The summed E-state index contributed by atoms with van der Waals surface area (Å²) >= 11 is 0. The second kappa shape index (κ2) is 9.27. The summed E-state index contributed by atoms with van der Waals surface area (Å²) in [4.78, 5) is 14.5. The minimum atomic E-state index is -0.316. The Morgan fingerprint density at radius 2 is 1.92 bits per heavy atom. The first kappa shape index (κ1) is 18.3. The van der Waals surface area contributed by atoms with Gasteiger partial charge in [-0.15, -0.1) is 0 Å². The van der Waals surface area contributed by atoms with Crippen LogP contribution in [0.5, 0.6) is 0 Å². The van der Waals surface area contributed by atoms with E-state index in [9.17, 15) is 9.18 Å². The van der Waals surface area contributed by atoms with Gasteiger partial charge >= 0.3 is 0 Å². The molecule has 1 atom stereocenters. The van der Waals surface area contributed by atoms with E-state index in [0.29, 0.717) is 25.3 Å². The third-order valence-corrected chi connectivity index (χ3v) is 4.42. The third-order valence-electron chi connectivity index (χ3n) is 4.42. The van der Waals surface area contributed by atoms with Crippen LogP contribution in [0.15, 0.2) is 60.7 Å². The predicted molar refractivity (Wildman–Crippen MR) is 100 cm³/mol. The molecule has 1 heterocycles. The van der Waals surface area contributed by atoms with E-state index < -0.39 is 0 Å². The van der Waals surface area contributed by atoms with Crippen LogP contribution in [0, 0.1) is 5.82 Å². The maximum Gasteiger partial charge on any atom is 0.244 e. The first-order valence-electron chi connectivity index (χ1n) is 8.80. The lowest BCUT2D eigenvalue weighted by atomic mass is 10.0. The Labute approximate surface area is 153 Å². The summed E-state index contributed by atoms with van der Waals surface area (Å²) in [6, 6.07) is 16.4. The summed E-state index contributed by atoms with van der Waals surface area (Å²) in [6.45, 7) is 3.60. The fraction of sp³-hybridized carbons (Fsp3) is 0.286. The maximum absolute atomic E-state index is 13.2. The molecular weight excluding hydrogens is 331 g/mol. The van der Waals surface area contributed by atoms with Crippen molar-refractivity contribution in [3.8, 4) is 0 Å². The number of hydrogen-bond donors (Lipinski definition) is 1. The van der Waals surface area contributed by atoms with E-state index in [1.807, 2.05) is 18.2 Å². The average Bonchev–Trinajstić information content (AvgIpc) is 2.68. The third kappa shape index (κ3) is 5.25. The lowest BCUT2D eigenvalue weighted by Crippen LogP contribution is -2.43. The number of ether oxygens (including phenoxy) is 1. The molecule has 4 nitrogen and oxygen atoms in total. The summed E-state index contributed by atoms with van der Waals surface area (Å²) in [7, 11) is 0. The minimum absolute atomic E-state index is 0.103. The van der Waals surface area contributed by atoms with Gasteiger partial charge in [0.1, 0.15) is 5.82 Å². The Balaban J connectivity index is 1.62. The molecule has 0 saturated carbocycles. The summed E-state index contributed by atoms with van der Waals surface area (Å²) in [5.41, 5.74) is 1.83. The van der Waals surface area contributed by atoms with Gasteiger partial charge in [-0.3, -0.25) is 9.69 Å². The molecule has 0 spiro atoms. The van der Waals surface area contributed by atoms with E-state index in [0.717, 1.165) is 13.1 Å². The summed E-state index contributed by atoms with van der Waals surface area (Å²) in [6.07, 6.45) is 3.06. The van der Waals surface area contributed by atoms with Crippen LogP contribution < -0.4 is 5.32 Å². The Kier molecular flexibility index (Phi) is 6.52. The predicted octanol–water partition coefficient (Wildman–Crippen LogP) is 3.03. The molecule has 26 heavy (non-hydrogen) atoms. The van der Waals surface area contributed by atoms with Gasteiger partial charge in [-0.1, -0.05) is 42.5 Å². The quantitative estimate of drug-likeness (QED) is 0.811. The molecule has 0 aromatic heterocycles. The minimum Gasteiger partial charge on any atom is -0.379 e. The molecule has 5 heteroatoms. The van der Waals surface area contributed by atoms with Crippen molar-refractivity contribution in [1.82, 2.24) is 10.2 Å². The lowest BCUT2D eigenvalue weighted by Gasteiger charge is -2.34. The average molecular weight is 354 g/mol. The summed E-state index contributed by atoms with van der Waals surface area (Å²) < 4.78 is 18.6. The fourth-order valence-electron chi connectivity index (χ4n) is 3.06. The van der Waals surface area contributed by atoms with Gasteiger partial charge in [0.05, 0.1) is 19.3 Å². The zero-order valence-corrected chi connectivity index (χ0v) is 14.6. The number of carbonyl (C=O) groups excluding carboxylic acids is 1. The Bertz CT molecular complexity index is 743. The van der Waals surface area contributed by atoms with Crippen LogP contribution in [0.4, 0.5) is 4.39 Å². The molecule has 136 valence electrons. The highest BCUT2D eigenvalue weighted by atomic mass is 19.1. The van der Waals surface area contributed by atoms with Crippen LogP contribution in [0.1, 0.15) is 17.2 Å². The fourth-order valence-corrected chi connectivity index (χ4v) is 3.06. The van der Waals surface area contributed by atoms with E-state index in [-0.39, 0.29) is 17.8 Å². The largest absolute Gasteiger partial charge is 0.379 e. The molecule has 1 fully saturated rings. The normalized spacial score (nSPS) is 16.5. The van der Waals surface area contributed by atoms with E-state index >= 15 is 0 Å². The molecule has 0 aliphatic carbocycles. The van der Waals surface area contributed by atoms with Crippen molar-refractivity contribution in [3.05, 3.63) is 77.6 Å². The van der Waals surface area contributed by atoms with Crippen molar-refractivity contribution in [2.24, 2.45) is 0 Å². The number of hydrogen-bond acceptors (Lipinski definition) is 3. The van der Waals surface area contributed by atoms with Gasteiger partial charge in [0.25, 0.3) is 0 Å². The van der Waals surface area contributed by atoms with Gasteiger partial charge in [-0.2, -0.15) is 0 Å². The SMILES string of the molecule is O=C(/C=C/c1cccc(F)c1)NCC(c1ccccc1)N1CCOCC1. The van der Waals surface area contributed by atoms with Crippen LogP contribution in [0.25, 0.3) is 6.08 Å². The molecule has 1 saturated heterocycles. The highest BCUT2D eigenvalue weighted by Crippen LogP contribution is 2.21. The topological polar surface area (TPSA) is 41.6 Å². The number of halogens is 1. The van der Waals surface area contributed by atoms with Crippen LogP contribution in [-0.4, -0.2) is 43.7 Å². The highest BCUT2D eigenvalue weighted by Gasteiger charge is 2.22. The molecule has 2 aromatic rings. The van der Waals surface area contributed by atoms with Gasteiger partial charge in [0, 0.05) is 25.7 Å². The van der Waals surface area contributed by atoms with Gasteiger partial charge in [0.2, 0.25) is 5.91 Å². The second-order valence-corrected chi connectivity index (χ2v) is 6.21. The molecule has 1 unspecified atom stereocenters. The number of carbonyl (C=O) groups is 1. The van der Waals surface area contributed by atoms with Crippen LogP contribution >= 0.6 is 0 Å². The molecule has 1 amide bonds. The lowest BCUT2D eigenvalue weighted by molar-refractivity contribution is -0.116. The van der Waals surface area contributed by atoms with Crippen molar-refractivity contribution >= 4 is 12.0 Å². The van der Waals surface area contributed by atoms with E-state index in [1.54, 1.807) is 18.2 Å². The number of nitrogens with zero attached hydrogens (tertiary/aromatic N) is 1. The number of rotatable bonds is 6. The van der Waals surface area contributed by atoms with E-state index in [4.69, 9.17) is 4.74 Å². The molecule has 0 bridgehead atoms. The summed E-state index contributed by atoms with van der Waals surface area (Å²) in [5.74, 6) is -0.507. The highest BCUT2D eigenvalue weighted by molar-refractivity contribution is 5.91. The monoisotopic (exact) mass is 354 g/mol. The standard InChI is InChI=1S/C21H23FN2O2/c22-19-8-4-5-17(15-19)9-10-21(25)23-16-20(18-6-2-1-3-7-18)24-11-13-26-14-12-24/h1-10,15,20H,11-14,16H2,(H,23,25)/b10-9+. The molecule has 3 rings (SSSR count). The Morgan fingerprint density at radius 3 is 2.65 bits per heavy atom. The number of amides is 1. The van der Waals surface area contributed by atoms with Crippen LogP contribution in [0.3, 0.4) is 0 Å². The van der Waals surface area contributed by atoms with E-state index in [1.165, 1.54) is 23.8 Å². The van der Waals surface area contributed by atoms with Gasteiger partial charge in [-0.05, 0) is 29.3 Å². The second-order valence-electron chi connectivity index (χ2n) is 6.21. The number of benzene rings is 2. The molecule has 1 aliphatic heterocycles. The van der Waals surface area contributed by atoms with Crippen molar-refractivity contribution in [2.75, 3.05) is 32.8 Å². The molecule has 1 N–H and O–H groups in total. The van der Waals surface area contributed by atoms with Crippen LogP contribution in [0.2, 0.25) is 0 Å². The van der Waals surface area contributed by atoms with E-state index in [2.05, 4.69) is 22.3 Å². The number of morpholine rings is 1. The van der Waals surface area contributed by atoms with Crippen molar-refractivity contribution in [2.45, 2.75) is 6.04 Å². The Hall–Kier alpha value is -2.50. The zero-order chi connectivity index (χ0) is 18.2.